The lowest BCUT2D eigenvalue weighted by atomic mass is 10.1. The molecule has 2 heteroatoms. The Balaban J connectivity index is 1.98. The smallest absolute Gasteiger partial charge is 0.123 e. The van der Waals surface area contributed by atoms with Crippen LogP contribution in [0.1, 0.15) is 29.7 Å². The van der Waals surface area contributed by atoms with Gasteiger partial charge in [0.2, 0.25) is 0 Å². The van der Waals surface area contributed by atoms with E-state index in [0.29, 0.717) is 0 Å². The van der Waals surface area contributed by atoms with Crippen LogP contribution in [0.4, 0.5) is 4.39 Å². The van der Waals surface area contributed by atoms with Crippen LogP contribution in [-0.2, 0) is 6.54 Å². The van der Waals surface area contributed by atoms with Crippen molar-refractivity contribution in [1.82, 2.24) is 5.32 Å². The fourth-order valence-corrected chi connectivity index (χ4v) is 1.99. The van der Waals surface area contributed by atoms with Crippen LogP contribution in [0.5, 0.6) is 0 Å². The Morgan fingerprint density at radius 1 is 1.11 bits per heavy atom. The third-order valence-corrected chi connectivity index (χ3v) is 3.04. The van der Waals surface area contributed by atoms with E-state index >= 15 is 0 Å². The van der Waals surface area contributed by atoms with Crippen molar-refractivity contribution in [3.8, 4) is 0 Å². The van der Waals surface area contributed by atoms with Crippen LogP contribution in [0, 0.1) is 12.7 Å². The number of hydrogen-bond acceptors (Lipinski definition) is 1. The molecule has 0 aliphatic rings. The minimum absolute atomic E-state index is 0.140. The van der Waals surface area contributed by atoms with Crippen LogP contribution < -0.4 is 5.32 Å². The topological polar surface area (TPSA) is 12.0 Å². The molecule has 18 heavy (non-hydrogen) atoms. The van der Waals surface area contributed by atoms with Gasteiger partial charge in [0, 0.05) is 12.6 Å². The Labute approximate surface area is 108 Å². The Bertz CT molecular complexity index is 522. The number of aryl methyl sites for hydroxylation is 1. The molecule has 0 aliphatic carbocycles. The SMILES string of the molecule is Cc1cccc(CN[C@H](C)c2cccc(F)c2)c1. The minimum atomic E-state index is -0.184. The van der Waals surface area contributed by atoms with Gasteiger partial charge in [-0.15, -0.1) is 0 Å². The van der Waals surface area contributed by atoms with E-state index in [1.807, 2.05) is 13.0 Å². The third kappa shape index (κ3) is 3.41. The monoisotopic (exact) mass is 243 g/mol. The quantitative estimate of drug-likeness (QED) is 0.856. The second-order valence-electron chi connectivity index (χ2n) is 4.65. The fourth-order valence-electron chi connectivity index (χ4n) is 1.99. The van der Waals surface area contributed by atoms with Crippen LogP contribution in [0.2, 0.25) is 0 Å². The first-order valence-electron chi connectivity index (χ1n) is 6.19. The van der Waals surface area contributed by atoms with Crippen LogP contribution in [-0.4, -0.2) is 0 Å². The van der Waals surface area contributed by atoms with Crippen molar-refractivity contribution < 1.29 is 4.39 Å². The molecule has 0 aromatic heterocycles. The van der Waals surface area contributed by atoms with E-state index in [1.54, 1.807) is 12.1 Å². The molecule has 1 atom stereocenters. The summed E-state index contributed by atoms with van der Waals surface area (Å²) in [5.41, 5.74) is 3.48. The lowest BCUT2D eigenvalue weighted by Crippen LogP contribution is -2.18. The normalized spacial score (nSPS) is 12.4. The van der Waals surface area contributed by atoms with Crippen LogP contribution in [0.3, 0.4) is 0 Å². The maximum atomic E-state index is 13.1. The van der Waals surface area contributed by atoms with Crippen molar-refractivity contribution in [2.45, 2.75) is 26.4 Å². The molecule has 0 unspecified atom stereocenters. The van der Waals surface area contributed by atoms with Crippen molar-refractivity contribution in [1.29, 1.82) is 0 Å². The van der Waals surface area contributed by atoms with Gasteiger partial charge in [0.25, 0.3) is 0 Å². The van der Waals surface area contributed by atoms with Gasteiger partial charge in [0.05, 0.1) is 0 Å². The molecule has 0 amide bonds. The summed E-state index contributed by atoms with van der Waals surface area (Å²) < 4.78 is 13.1. The van der Waals surface area contributed by atoms with E-state index in [0.717, 1.165) is 12.1 Å². The van der Waals surface area contributed by atoms with E-state index in [2.05, 4.69) is 36.5 Å². The molecule has 2 rings (SSSR count). The van der Waals surface area contributed by atoms with Crippen LogP contribution in [0.25, 0.3) is 0 Å². The van der Waals surface area contributed by atoms with Crippen LogP contribution >= 0.6 is 0 Å². The van der Waals surface area contributed by atoms with Gasteiger partial charge in [-0.1, -0.05) is 42.0 Å². The number of hydrogen-bond donors (Lipinski definition) is 1. The van der Waals surface area contributed by atoms with Gasteiger partial charge in [0.15, 0.2) is 0 Å². The van der Waals surface area contributed by atoms with Crippen molar-refractivity contribution in [3.63, 3.8) is 0 Å². The molecule has 0 heterocycles. The highest BCUT2D eigenvalue weighted by atomic mass is 19.1. The zero-order chi connectivity index (χ0) is 13.0. The van der Waals surface area contributed by atoms with Crippen molar-refractivity contribution >= 4 is 0 Å². The van der Waals surface area contributed by atoms with E-state index < -0.39 is 0 Å². The lowest BCUT2D eigenvalue weighted by Gasteiger charge is -2.14. The molecule has 2 aromatic carbocycles. The fraction of sp³-hybridized carbons (Fsp3) is 0.250. The molecule has 0 saturated heterocycles. The number of nitrogens with one attached hydrogen (secondary N) is 1. The second kappa shape index (κ2) is 5.78. The van der Waals surface area contributed by atoms with Crippen molar-refractivity contribution in [2.75, 3.05) is 0 Å². The number of benzene rings is 2. The van der Waals surface area contributed by atoms with Crippen molar-refractivity contribution in [2.24, 2.45) is 0 Å². The third-order valence-electron chi connectivity index (χ3n) is 3.04. The number of rotatable bonds is 4. The highest BCUT2D eigenvalue weighted by molar-refractivity contribution is 5.23. The van der Waals surface area contributed by atoms with Crippen LogP contribution in [0.15, 0.2) is 48.5 Å². The summed E-state index contributed by atoms with van der Waals surface area (Å²) in [4.78, 5) is 0. The maximum Gasteiger partial charge on any atom is 0.123 e. The van der Waals surface area contributed by atoms with E-state index in [9.17, 15) is 4.39 Å². The molecular weight excluding hydrogens is 225 g/mol. The molecule has 0 aliphatic heterocycles. The Hall–Kier alpha value is -1.67. The number of halogens is 1. The molecule has 1 N–H and O–H groups in total. The largest absolute Gasteiger partial charge is 0.306 e. The first-order valence-corrected chi connectivity index (χ1v) is 6.19. The highest BCUT2D eigenvalue weighted by Gasteiger charge is 2.05. The van der Waals surface area contributed by atoms with Gasteiger partial charge in [-0.25, -0.2) is 4.39 Å². The average molecular weight is 243 g/mol. The molecule has 0 radical (unpaired) electrons. The molecule has 94 valence electrons. The zero-order valence-corrected chi connectivity index (χ0v) is 10.8. The second-order valence-corrected chi connectivity index (χ2v) is 4.65. The first kappa shape index (κ1) is 12.8. The molecule has 0 bridgehead atoms. The zero-order valence-electron chi connectivity index (χ0n) is 10.8. The van der Waals surface area contributed by atoms with E-state index in [-0.39, 0.29) is 11.9 Å². The lowest BCUT2D eigenvalue weighted by molar-refractivity contribution is 0.565. The molecule has 2 aromatic rings. The minimum Gasteiger partial charge on any atom is -0.306 e. The summed E-state index contributed by atoms with van der Waals surface area (Å²) >= 11 is 0. The predicted octanol–water partition coefficient (Wildman–Crippen LogP) is 3.98. The summed E-state index contributed by atoms with van der Waals surface area (Å²) in [6.07, 6.45) is 0. The van der Waals surface area contributed by atoms with Gasteiger partial charge in [0.1, 0.15) is 5.82 Å². The Morgan fingerprint density at radius 3 is 2.61 bits per heavy atom. The Morgan fingerprint density at radius 2 is 1.89 bits per heavy atom. The van der Waals surface area contributed by atoms with Gasteiger partial charge < -0.3 is 5.32 Å². The first-order chi connectivity index (χ1) is 8.65. The molecule has 0 fully saturated rings. The standard InChI is InChI=1S/C16H18FN/c1-12-5-3-6-14(9-12)11-18-13(2)15-7-4-8-16(17)10-15/h3-10,13,18H,11H2,1-2H3/t13-/m1/s1. The summed E-state index contributed by atoms with van der Waals surface area (Å²) in [7, 11) is 0. The van der Waals surface area contributed by atoms with Gasteiger partial charge >= 0.3 is 0 Å². The predicted molar refractivity (Wildman–Crippen MR) is 72.8 cm³/mol. The molecular formula is C16H18FN. The maximum absolute atomic E-state index is 13.1. The summed E-state index contributed by atoms with van der Waals surface area (Å²) in [5, 5.41) is 3.40. The van der Waals surface area contributed by atoms with Gasteiger partial charge in [-0.3, -0.25) is 0 Å². The van der Waals surface area contributed by atoms with E-state index in [4.69, 9.17) is 0 Å². The summed E-state index contributed by atoms with van der Waals surface area (Å²) in [5.74, 6) is -0.184. The summed E-state index contributed by atoms with van der Waals surface area (Å²) in [6.45, 7) is 4.92. The summed E-state index contributed by atoms with van der Waals surface area (Å²) in [6, 6.07) is 15.3. The molecule has 0 spiro atoms. The highest BCUT2D eigenvalue weighted by Crippen LogP contribution is 2.14. The molecule has 0 saturated carbocycles. The molecule has 1 nitrogen and oxygen atoms in total. The van der Waals surface area contributed by atoms with E-state index in [1.165, 1.54) is 17.2 Å². The van der Waals surface area contributed by atoms with Gasteiger partial charge in [-0.05, 0) is 37.1 Å². The van der Waals surface area contributed by atoms with Gasteiger partial charge in [-0.2, -0.15) is 0 Å². The van der Waals surface area contributed by atoms with Crippen molar-refractivity contribution in [3.05, 3.63) is 71.0 Å². The Kier molecular flexibility index (Phi) is 4.11. The average Bonchev–Trinajstić information content (AvgIpc) is 2.36.